The number of anilines is 1. The van der Waals surface area contributed by atoms with Gasteiger partial charge in [-0.3, -0.25) is 0 Å². The Morgan fingerprint density at radius 1 is 1.53 bits per heavy atom. The topological polar surface area (TPSA) is 84.3 Å². The Morgan fingerprint density at radius 2 is 2.29 bits per heavy atom. The van der Waals surface area contributed by atoms with Gasteiger partial charge in [0.25, 0.3) is 0 Å². The molecule has 6 heteroatoms. The number of ether oxygens (including phenoxy) is 1. The maximum absolute atomic E-state index is 10.9. The lowest BCUT2D eigenvalue weighted by Gasteiger charge is -2.22. The number of carboxylic acid groups (broad SMARTS) is 1. The fourth-order valence-corrected chi connectivity index (χ4v) is 1.82. The highest BCUT2D eigenvalue weighted by Crippen LogP contribution is 2.16. The van der Waals surface area contributed by atoms with Gasteiger partial charge >= 0.3 is 5.97 Å². The highest BCUT2D eigenvalue weighted by atomic mass is 16.5. The molecule has 0 spiro atoms. The van der Waals surface area contributed by atoms with Gasteiger partial charge in [0.15, 0.2) is 0 Å². The first-order valence-electron chi connectivity index (χ1n) is 5.62. The number of carbonyl (C=O) groups is 1. The molecule has 0 saturated carbocycles. The van der Waals surface area contributed by atoms with E-state index in [2.05, 4.69) is 15.3 Å². The van der Waals surface area contributed by atoms with Gasteiger partial charge in [0.2, 0.25) is 0 Å². The number of rotatable bonds is 4. The van der Waals surface area contributed by atoms with Crippen molar-refractivity contribution in [1.29, 1.82) is 0 Å². The van der Waals surface area contributed by atoms with Crippen molar-refractivity contribution in [3.63, 3.8) is 0 Å². The van der Waals surface area contributed by atoms with Crippen molar-refractivity contribution in [3.8, 4) is 0 Å². The van der Waals surface area contributed by atoms with Gasteiger partial charge < -0.3 is 15.2 Å². The minimum absolute atomic E-state index is 0.111. The first-order chi connectivity index (χ1) is 8.27. The van der Waals surface area contributed by atoms with E-state index in [4.69, 9.17) is 9.84 Å². The van der Waals surface area contributed by atoms with Gasteiger partial charge in [-0.1, -0.05) is 0 Å². The smallest absolute Gasteiger partial charge is 0.341 e. The molecule has 0 unspecified atom stereocenters. The lowest BCUT2D eigenvalue weighted by Crippen LogP contribution is -2.23. The highest BCUT2D eigenvalue weighted by molar-refractivity contribution is 5.92. The van der Waals surface area contributed by atoms with Gasteiger partial charge in [-0.05, 0) is 18.8 Å². The van der Waals surface area contributed by atoms with Gasteiger partial charge in [0.05, 0.1) is 0 Å². The molecule has 2 rings (SSSR count). The first-order valence-corrected chi connectivity index (χ1v) is 5.62. The van der Waals surface area contributed by atoms with Gasteiger partial charge in [0, 0.05) is 26.0 Å². The summed E-state index contributed by atoms with van der Waals surface area (Å²) in [4.78, 5) is 18.6. The Morgan fingerprint density at radius 3 is 3.00 bits per heavy atom. The van der Waals surface area contributed by atoms with Crippen molar-refractivity contribution in [2.75, 3.05) is 25.1 Å². The van der Waals surface area contributed by atoms with Gasteiger partial charge in [-0.2, -0.15) is 0 Å². The number of hydrogen-bond donors (Lipinski definition) is 2. The summed E-state index contributed by atoms with van der Waals surface area (Å²) < 4.78 is 5.27. The molecular weight excluding hydrogens is 222 g/mol. The largest absolute Gasteiger partial charge is 0.477 e. The first kappa shape index (κ1) is 11.8. The SMILES string of the molecule is O=C(O)c1cncnc1NCC1CCOCC1. The van der Waals surface area contributed by atoms with Crippen molar-refractivity contribution < 1.29 is 14.6 Å². The van der Waals surface area contributed by atoms with E-state index >= 15 is 0 Å². The molecule has 2 heterocycles. The molecule has 1 saturated heterocycles. The quantitative estimate of drug-likeness (QED) is 0.813. The Hall–Kier alpha value is -1.69. The summed E-state index contributed by atoms with van der Waals surface area (Å²) in [6.07, 6.45) is 4.65. The third-order valence-corrected chi connectivity index (χ3v) is 2.84. The summed E-state index contributed by atoms with van der Waals surface area (Å²) in [6, 6.07) is 0. The molecule has 2 N–H and O–H groups in total. The summed E-state index contributed by atoms with van der Waals surface area (Å²) >= 11 is 0. The van der Waals surface area contributed by atoms with Crippen LogP contribution in [0.1, 0.15) is 23.2 Å². The van der Waals surface area contributed by atoms with Gasteiger partial charge in [0.1, 0.15) is 17.7 Å². The number of aromatic nitrogens is 2. The van der Waals surface area contributed by atoms with Crippen LogP contribution in [0, 0.1) is 5.92 Å². The molecule has 1 aliphatic heterocycles. The van der Waals surface area contributed by atoms with Crippen LogP contribution >= 0.6 is 0 Å². The zero-order chi connectivity index (χ0) is 12.1. The van der Waals surface area contributed by atoms with Crippen LogP contribution in [0.3, 0.4) is 0 Å². The zero-order valence-corrected chi connectivity index (χ0v) is 9.43. The molecule has 0 aliphatic carbocycles. The number of nitrogens with one attached hydrogen (secondary N) is 1. The molecule has 0 amide bonds. The second-order valence-corrected chi connectivity index (χ2v) is 4.03. The Balaban J connectivity index is 1.96. The van der Waals surface area contributed by atoms with E-state index in [9.17, 15) is 4.79 Å². The second kappa shape index (κ2) is 5.58. The van der Waals surface area contributed by atoms with E-state index in [1.807, 2.05) is 0 Å². The average Bonchev–Trinajstić information content (AvgIpc) is 2.38. The molecule has 6 nitrogen and oxygen atoms in total. The van der Waals surface area contributed by atoms with Crippen LogP contribution in [0.15, 0.2) is 12.5 Å². The highest BCUT2D eigenvalue weighted by Gasteiger charge is 2.16. The Labute approximate surface area is 99.0 Å². The van der Waals surface area contributed by atoms with Gasteiger partial charge in [-0.25, -0.2) is 14.8 Å². The summed E-state index contributed by atoms with van der Waals surface area (Å²) in [6.45, 7) is 2.28. The maximum Gasteiger partial charge on any atom is 0.341 e. The third kappa shape index (κ3) is 3.13. The molecule has 0 aromatic carbocycles. The molecule has 1 fully saturated rings. The van der Waals surface area contributed by atoms with Crippen LogP contribution in [0.5, 0.6) is 0 Å². The summed E-state index contributed by atoms with van der Waals surface area (Å²) in [5.41, 5.74) is 0.111. The van der Waals surface area contributed by atoms with Crippen LogP contribution in [-0.2, 0) is 4.74 Å². The molecule has 0 bridgehead atoms. The van der Waals surface area contributed by atoms with E-state index in [0.29, 0.717) is 11.7 Å². The van der Waals surface area contributed by atoms with Crippen molar-refractivity contribution in [2.24, 2.45) is 5.92 Å². The lowest BCUT2D eigenvalue weighted by atomic mass is 10.0. The second-order valence-electron chi connectivity index (χ2n) is 4.03. The molecule has 92 valence electrons. The fourth-order valence-electron chi connectivity index (χ4n) is 1.82. The number of carboxylic acids is 1. The van der Waals surface area contributed by atoms with Gasteiger partial charge in [-0.15, -0.1) is 0 Å². The zero-order valence-electron chi connectivity index (χ0n) is 9.43. The molecule has 1 aromatic rings. The number of nitrogens with zero attached hydrogens (tertiary/aromatic N) is 2. The minimum Gasteiger partial charge on any atom is -0.477 e. The Bertz CT molecular complexity index is 391. The minimum atomic E-state index is -1.01. The molecule has 0 radical (unpaired) electrons. The predicted octanol–water partition coefficient (Wildman–Crippen LogP) is 1.01. The fraction of sp³-hybridized carbons (Fsp3) is 0.545. The van der Waals surface area contributed by atoms with E-state index in [0.717, 1.165) is 32.6 Å². The summed E-state index contributed by atoms with van der Waals surface area (Å²) in [7, 11) is 0. The van der Waals surface area contributed by atoms with Crippen LogP contribution in [0.25, 0.3) is 0 Å². The predicted molar refractivity (Wildman–Crippen MR) is 61.0 cm³/mol. The van der Waals surface area contributed by atoms with Crippen LogP contribution in [-0.4, -0.2) is 40.8 Å². The van der Waals surface area contributed by atoms with Crippen molar-refractivity contribution in [2.45, 2.75) is 12.8 Å². The molecule has 1 aromatic heterocycles. The maximum atomic E-state index is 10.9. The normalized spacial score (nSPS) is 16.7. The summed E-state index contributed by atoms with van der Waals surface area (Å²) in [5, 5.41) is 12.0. The standard InChI is InChI=1S/C11H15N3O3/c15-11(16)9-6-12-7-14-10(9)13-5-8-1-3-17-4-2-8/h6-8H,1-5H2,(H,15,16)(H,12,13,14). The van der Waals surface area contributed by atoms with Crippen LogP contribution in [0.2, 0.25) is 0 Å². The van der Waals surface area contributed by atoms with Crippen molar-refractivity contribution in [1.82, 2.24) is 9.97 Å². The monoisotopic (exact) mass is 237 g/mol. The third-order valence-electron chi connectivity index (χ3n) is 2.84. The van der Waals surface area contributed by atoms with E-state index in [1.165, 1.54) is 12.5 Å². The molecule has 1 aliphatic rings. The van der Waals surface area contributed by atoms with E-state index in [-0.39, 0.29) is 5.56 Å². The van der Waals surface area contributed by atoms with Crippen LogP contribution < -0.4 is 5.32 Å². The number of hydrogen-bond acceptors (Lipinski definition) is 5. The van der Waals surface area contributed by atoms with Crippen molar-refractivity contribution in [3.05, 3.63) is 18.1 Å². The van der Waals surface area contributed by atoms with E-state index in [1.54, 1.807) is 0 Å². The van der Waals surface area contributed by atoms with Crippen LogP contribution in [0.4, 0.5) is 5.82 Å². The molecule has 0 atom stereocenters. The van der Waals surface area contributed by atoms with Crippen molar-refractivity contribution >= 4 is 11.8 Å². The molecule has 17 heavy (non-hydrogen) atoms. The number of aromatic carboxylic acids is 1. The summed E-state index contributed by atoms with van der Waals surface area (Å²) in [5.74, 6) is -0.112. The lowest BCUT2D eigenvalue weighted by molar-refractivity contribution is 0.0688. The molecular formula is C11H15N3O3. The van der Waals surface area contributed by atoms with E-state index < -0.39 is 5.97 Å². The Kier molecular flexibility index (Phi) is 3.87. The average molecular weight is 237 g/mol.